The maximum Gasteiger partial charge on any atom is 0.183 e. The topological polar surface area (TPSA) is 22.0 Å². The van der Waals surface area contributed by atoms with Gasteiger partial charge in [0.15, 0.2) is 5.78 Å². The lowest BCUT2D eigenvalue weighted by atomic mass is 10.1. The molecular weight excluding hydrogens is 186 g/mol. The van der Waals surface area contributed by atoms with Crippen molar-refractivity contribution < 1.29 is 4.79 Å². The molecule has 1 aromatic carbocycles. The SMILES string of the molecule is Cn1cccc1C(=O)Cc1ccccc1. The van der Waals surface area contributed by atoms with E-state index in [1.807, 2.05) is 60.3 Å². The molecule has 2 rings (SSSR count). The number of nitrogens with zero attached hydrogens (tertiary/aromatic N) is 1. The summed E-state index contributed by atoms with van der Waals surface area (Å²) < 4.78 is 1.85. The minimum absolute atomic E-state index is 0.161. The second-order valence-corrected chi connectivity index (χ2v) is 3.59. The molecule has 0 bridgehead atoms. The number of benzene rings is 1. The van der Waals surface area contributed by atoms with Crippen LogP contribution in [0.4, 0.5) is 0 Å². The second-order valence-electron chi connectivity index (χ2n) is 3.59. The summed E-state index contributed by atoms with van der Waals surface area (Å²) in [4.78, 5) is 11.9. The lowest BCUT2D eigenvalue weighted by Gasteiger charge is -2.02. The molecule has 76 valence electrons. The fourth-order valence-corrected chi connectivity index (χ4v) is 1.62. The molecular formula is C13H13NO. The lowest BCUT2D eigenvalue weighted by Crippen LogP contribution is -2.08. The molecule has 0 saturated heterocycles. The van der Waals surface area contributed by atoms with Gasteiger partial charge < -0.3 is 4.57 Å². The van der Waals surface area contributed by atoms with Crippen molar-refractivity contribution in [3.8, 4) is 0 Å². The standard InChI is InChI=1S/C13H13NO/c1-14-9-5-8-12(14)13(15)10-11-6-3-2-4-7-11/h2-9H,10H2,1H3. The zero-order valence-corrected chi connectivity index (χ0v) is 8.68. The van der Waals surface area contributed by atoms with E-state index >= 15 is 0 Å². The first-order valence-corrected chi connectivity index (χ1v) is 4.96. The summed E-state index contributed by atoms with van der Waals surface area (Å²) in [6, 6.07) is 13.5. The normalized spacial score (nSPS) is 10.2. The highest BCUT2D eigenvalue weighted by atomic mass is 16.1. The number of hydrogen-bond donors (Lipinski definition) is 0. The number of ketones is 1. The highest BCUT2D eigenvalue weighted by molar-refractivity contribution is 5.96. The van der Waals surface area contributed by atoms with Crippen LogP contribution in [-0.2, 0) is 13.5 Å². The van der Waals surface area contributed by atoms with E-state index in [1.165, 1.54) is 0 Å². The Balaban J connectivity index is 2.15. The summed E-state index contributed by atoms with van der Waals surface area (Å²) in [6.07, 6.45) is 2.36. The molecule has 0 fully saturated rings. The molecule has 0 amide bonds. The molecule has 0 aliphatic heterocycles. The molecule has 1 heterocycles. The number of carbonyl (C=O) groups excluding carboxylic acids is 1. The van der Waals surface area contributed by atoms with Crippen molar-refractivity contribution in [1.82, 2.24) is 4.57 Å². The molecule has 2 aromatic rings. The third-order valence-electron chi connectivity index (χ3n) is 2.44. The van der Waals surface area contributed by atoms with Gasteiger partial charge in [-0.2, -0.15) is 0 Å². The Morgan fingerprint density at radius 1 is 1.13 bits per heavy atom. The Morgan fingerprint density at radius 3 is 2.47 bits per heavy atom. The molecule has 0 aliphatic rings. The average Bonchev–Trinajstić information content (AvgIpc) is 2.66. The predicted molar refractivity (Wildman–Crippen MR) is 59.9 cm³/mol. The largest absolute Gasteiger partial charge is 0.348 e. The smallest absolute Gasteiger partial charge is 0.183 e. The van der Waals surface area contributed by atoms with Crippen LogP contribution in [0.5, 0.6) is 0 Å². The van der Waals surface area contributed by atoms with Crippen LogP contribution in [0.2, 0.25) is 0 Å². The van der Waals surface area contributed by atoms with E-state index < -0.39 is 0 Å². The van der Waals surface area contributed by atoms with Crippen molar-refractivity contribution in [2.45, 2.75) is 6.42 Å². The highest BCUT2D eigenvalue weighted by Crippen LogP contribution is 2.07. The molecule has 0 N–H and O–H groups in total. The monoisotopic (exact) mass is 199 g/mol. The van der Waals surface area contributed by atoms with Gasteiger partial charge in [0.25, 0.3) is 0 Å². The quantitative estimate of drug-likeness (QED) is 0.696. The summed E-state index contributed by atoms with van der Waals surface area (Å²) in [5, 5.41) is 0. The third kappa shape index (κ3) is 2.15. The van der Waals surface area contributed by atoms with E-state index in [0.29, 0.717) is 6.42 Å². The molecule has 0 atom stereocenters. The van der Waals surface area contributed by atoms with E-state index in [0.717, 1.165) is 11.3 Å². The molecule has 0 saturated carbocycles. The molecule has 15 heavy (non-hydrogen) atoms. The van der Waals surface area contributed by atoms with Crippen molar-refractivity contribution in [2.24, 2.45) is 7.05 Å². The van der Waals surface area contributed by atoms with E-state index in [2.05, 4.69) is 0 Å². The van der Waals surface area contributed by atoms with Crippen molar-refractivity contribution in [1.29, 1.82) is 0 Å². The molecule has 0 spiro atoms. The van der Waals surface area contributed by atoms with E-state index in [9.17, 15) is 4.79 Å². The summed E-state index contributed by atoms with van der Waals surface area (Å²) in [6.45, 7) is 0. The number of aryl methyl sites for hydroxylation is 1. The molecule has 0 radical (unpaired) electrons. The van der Waals surface area contributed by atoms with Crippen LogP contribution >= 0.6 is 0 Å². The van der Waals surface area contributed by atoms with Gasteiger partial charge >= 0.3 is 0 Å². The van der Waals surface area contributed by atoms with Crippen LogP contribution < -0.4 is 0 Å². The Bertz CT molecular complexity index is 456. The number of Topliss-reactive ketones (excluding diaryl/α,β-unsaturated/α-hetero) is 1. The van der Waals surface area contributed by atoms with Gasteiger partial charge in [-0.1, -0.05) is 30.3 Å². The molecule has 0 unspecified atom stereocenters. The van der Waals surface area contributed by atoms with Gasteiger partial charge in [0.05, 0.1) is 5.69 Å². The maximum absolute atomic E-state index is 11.9. The zero-order valence-electron chi connectivity index (χ0n) is 8.68. The van der Waals surface area contributed by atoms with Gasteiger partial charge in [-0.3, -0.25) is 4.79 Å². The maximum atomic E-state index is 11.9. The van der Waals surface area contributed by atoms with E-state index in [-0.39, 0.29) is 5.78 Å². The van der Waals surface area contributed by atoms with E-state index in [1.54, 1.807) is 0 Å². The molecule has 0 aliphatic carbocycles. The van der Waals surface area contributed by atoms with Crippen molar-refractivity contribution in [3.05, 3.63) is 59.9 Å². The van der Waals surface area contributed by atoms with Crippen molar-refractivity contribution in [2.75, 3.05) is 0 Å². The number of rotatable bonds is 3. The predicted octanol–water partition coefficient (Wildman–Crippen LogP) is 2.45. The van der Waals surface area contributed by atoms with Crippen molar-refractivity contribution in [3.63, 3.8) is 0 Å². The Labute approximate surface area is 89.2 Å². The number of carbonyl (C=O) groups is 1. The molecule has 2 heteroatoms. The van der Waals surface area contributed by atoms with Gasteiger partial charge in [0.1, 0.15) is 0 Å². The first-order valence-electron chi connectivity index (χ1n) is 4.96. The van der Waals surface area contributed by atoms with Crippen LogP contribution in [-0.4, -0.2) is 10.4 Å². The fraction of sp³-hybridized carbons (Fsp3) is 0.154. The van der Waals surface area contributed by atoms with E-state index in [4.69, 9.17) is 0 Å². The zero-order chi connectivity index (χ0) is 10.7. The van der Waals surface area contributed by atoms with Gasteiger partial charge in [0, 0.05) is 19.7 Å². The van der Waals surface area contributed by atoms with Gasteiger partial charge in [-0.15, -0.1) is 0 Å². The van der Waals surface area contributed by atoms with Gasteiger partial charge in [0.2, 0.25) is 0 Å². The minimum Gasteiger partial charge on any atom is -0.348 e. The van der Waals surface area contributed by atoms with Crippen LogP contribution in [0.3, 0.4) is 0 Å². The van der Waals surface area contributed by atoms with Crippen LogP contribution in [0.1, 0.15) is 16.1 Å². The third-order valence-corrected chi connectivity index (χ3v) is 2.44. The second kappa shape index (κ2) is 4.13. The first kappa shape index (κ1) is 9.71. The first-order chi connectivity index (χ1) is 7.27. The summed E-state index contributed by atoms with van der Waals surface area (Å²) in [7, 11) is 1.89. The van der Waals surface area contributed by atoms with Crippen LogP contribution in [0, 0.1) is 0 Å². The fourth-order valence-electron chi connectivity index (χ4n) is 1.62. The number of hydrogen-bond acceptors (Lipinski definition) is 1. The van der Waals surface area contributed by atoms with Gasteiger partial charge in [-0.25, -0.2) is 0 Å². The molecule has 2 nitrogen and oxygen atoms in total. The molecule has 1 aromatic heterocycles. The summed E-state index contributed by atoms with van der Waals surface area (Å²) in [5.74, 6) is 0.161. The highest BCUT2D eigenvalue weighted by Gasteiger charge is 2.08. The van der Waals surface area contributed by atoms with Crippen LogP contribution in [0.15, 0.2) is 48.7 Å². The van der Waals surface area contributed by atoms with Crippen LogP contribution in [0.25, 0.3) is 0 Å². The summed E-state index contributed by atoms with van der Waals surface area (Å²) >= 11 is 0. The summed E-state index contributed by atoms with van der Waals surface area (Å²) in [5.41, 5.74) is 1.82. The lowest BCUT2D eigenvalue weighted by molar-refractivity contribution is 0.0985. The Hall–Kier alpha value is -1.83. The minimum atomic E-state index is 0.161. The Morgan fingerprint density at radius 2 is 1.87 bits per heavy atom. The average molecular weight is 199 g/mol. The van der Waals surface area contributed by atoms with Crippen molar-refractivity contribution >= 4 is 5.78 Å². The number of aromatic nitrogens is 1. The Kier molecular flexibility index (Phi) is 2.68. The van der Waals surface area contributed by atoms with Gasteiger partial charge in [-0.05, 0) is 17.7 Å².